The molecule has 3 aromatic heterocycles. The number of benzene rings is 2. The van der Waals surface area contributed by atoms with E-state index in [4.69, 9.17) is 9.15 Å². The minimum Gasteiger partial charge on any atom is -0.453 e. The van der Waals surface area contributed by atoms with Gasteiger partial charge in [-0.1, -0.05) is 24.8 Å². The molecule has 2 aliphatic heterocycles. The molecule has 2 unspecified atom stereocenters. The van der Waals surface area contributed by atoms with Crippen LogP contribution in [0.4, 0.5) is 27.4 Å². The molecule has 2 aliphatic rings. The van der Waals surface area contributed by atoms with E-state index < -0.39 is 17.8 Å². The molecule has 18 heteroatoms. The summed E-state index contributed by atoms with van der Waals surface area (Å²) in [5, 5.41) is 17.3. The van der Waals surface area contributed by atoms with Gasteiger partial charge in [0.15, 0.2) is 10.9 Å². The van der Waals surface area contributed by atoms with Crippen LogP contribution < -0.4 is 15.5 Å². The van der Waals surface area contributed by atoms with Crippen LogP contribution in [0.15, 0.2) is 80.3 Å². The molecule has 5 aromatic rings. The van der Waals surface area contributed by atoms with Crippen molar-refractivity contribution in [3.05, 3.63) is 89.5 Å². The Morgan fingerprint density at radius 2 is 1.97 bits per heavy atom. The van der Waals surface area contributed by atoms with Crippen molar-refractivity contribution >= 4 is 65.5 Å². The number of carbonyl (C=O) groups is 3. The lowest BCUT2D eigenvalue weighted by atomic mass is 9.88. The number of halogens is 1. The maximum Gasteiger partial charge on any atom is 0.317 e. The van der Waals surface area contributed by atoms with Crippen LogP contribution in [-0.4, -0.2) is 98.5 Å². The van der Waals surface area contributed by atoms with E-state index in [-0.39, 0.29) is 29.7 Å². The number of nitrogens with one attached hydrogen (secondary N) is 3. The summed E-state index contributed by atoms with van der Waals surface area (Å²) in [5.74, 6) is 0.949. The highest BCUT2D eigenvalue weighted by Crippen LogP contribution is 2.39. The Balaban J connectivity index is 0.951. The van der Waals surface area contributed by atoms with Crippen molar-refractivity contribution in [2.75, 3.05) is 37.4 Å². The van der Waals surface area contributed by atoms with Gasteiger partial charge in [0.2, 0.25) is 30.2 Å². The van der Waals surface area contributed by atoms with E-state index in [1.54, 1.807) is 48.2 Å². The van der Waals surface area contributed by atoms with E-state index in [2.05, 4.69) is 46.9 Å². The third-order valence-electron chi connectivity index (χ3n) is 10.5. The Kier molecular flexibility index (Phi) is 13.3. The van der Waals surface area contributed by atoms with Crippen molar-refractivity contribution in [1.82, 2.24) is 35.2 Å². The molecule has 2 atom stereocenters. The van der Waals surface area contributed by atoms with Crippen molar-refractivity contribution in [2.45, 2.75) is 87.2 Å². The number of amides is 3. The number of fused-ring (bicyclic) bond motifs is 1. The van der Waals surface area contributed by atoms with Crippen LogP contribution >= 0.6 is 11.8 Å². The molecule has 0 radical (unpaired) electrons. The molecular formula is C42H49FN11O5S+. The molecule has 1 saturated heterocycles. The summed E-state index contributed by atoms with van der Waals surface area (Å²) in [6.07, 6.45) is 8.60. The zero-order valence-electron chi connectivity index (χ0n) is 34.2. The molecule has 2 aromatic carbocycles. The summed E-state index contributed by atoms with van der Waals surface area (Å²) in [5.41, 5.74) is 4.02. The lowest BCUT2D eigenvalue weighted by molar-refractivity contribution is -0.404. The fraction of sp³-hybridized carbons (Fsp3) is 0.381. The first kappa shape index (κ1) is 42.2. The Bertz CT molecular complexity index is 2370. The van der Waals surface area contributed by atoms with Crippen LogP contribution in [0.3, 0.4) is 0 Å². The average Bonchev–Trinajstić information content (AvgIpc) is 4.03. The number of aromatic amines is 1. The van der Waals surface area contributed by atoms with Gasteiger partial charge in [-0.15, -0.1) is 5.10 Å². The van der Waals surface area contributed by atoms with Crippen LogP contribution in [0.25, 0.3) is 0 Å². The molecule has 1 fully saturated rings. The van der Waals surface area contributed by atoms with E-state index in [1.807, 2.05) is 51.1 Å². The third-order valence-corrected chi connectivity index (χ3v) is 11.4. The Morgan fingerprint density at radius 1 is 1.15 bits per heavy atom. The zero-order chi connectivity index (χ0) is 42.3. The van der Waals surface area contributed by atoms with Gasteiger partial charge >= 0.3 is 5.91 Å². The van der Waals surface area contributed by atoms with Gasteiger partial charge in [-0.3, -0.25) is 34.7 Å². The first-order valence-corrected chi connectivity index (χ1v) is 20.7. The molecule has 7 rings (SSSR count). The lowest BCUT2D eigenvalue weighted by Gasteiger charge is -2.32. The van der Waals surface area contributed by atoms with Crippen molar-refractivity contribution < 1.29 is 32.5 Å². The minimum absolute atomic E-state index is 0.0958. The van der Waals surface area contributed by atoms with E-state index in [0.29, 0.717) is 58.7 Å². The number of rotatable bonds is 17. The largest absolute Gasteiger partial charge is 0.453 e. The Labute approximate surface area is 351 Å². The number of imide groups is 1. The Hall–Kier alpha value is -5.98. The summed E-state index contributed by atoms with van der Waals surface area (Å²) < 4.78 is 31.1. The number of anilines is 3. The molecule has 0 bridgehead atoms. The topological polar surface area (TPSA) is 179 Å². The predicted molar refractivity (Wildman–Crippen MR) is 225 cm³/mol. The number of ether oxygens (including phenoxy) is 1. The quantitative estimate of drug-likeness (QED) is 0.0530. The number of hydrogen-bond acceptors (Lipinski definition) is 12. The van der Waals surface area contributed by atoms with Gasteiger partial charge < -0.3 is 19.4 Å². The second-order valence-corrected chi connectivity index (χ2v) is 16.1. The first-order valence-electron chi connectivity index (χ1n) is 19.9. The van der Waals surface area contributed by atoms with E-state index >= 15 is 4.39 Å². The standard InChI is InChI=1S/C42H48FN11O5S/c1-6-7-35(41(57)45-24-55)52(5)34-12-8-28(18-36(34)51(4)25-56)27-14-16-53(17-15-27)22-30-9-13-37(59-30)60-31-10-11-33(32(43)19-31)48-42-49-40-39(58-26(2)3)38(29-20-46-47-21-29)44-23-54(40)50-42/h8-13,18-21,23-27,38-39H,6-7,14-17,22H2,1-5H3,(H2-,45,46,47,48,50,55,57)/p+1. The molecule has 314 valence electrons. The van der Waals surface area contributed by atoms with Crippen LogP contribution in [-0.2, 0) is 25.7 Å². The number of aromatic nitrogens is 5. The Morgan fingerprint density at radius 3 is 2.67 bits per heavy atom. The molecule has 0 spiro atoms. The van der Waals surface area contributed by atoms with Crippen LogP contribution in [0.5, 0.6) is 0 Å². The van der Waals surface area contributed by atoms with Crippen molar-refractivity contribution in [3.63, 3.8) is 0 Å². The number of H-pyrrole nitrogens is 1. The van der Waals surface area contributed by atoms with Gasteiger partial charge in [-0.05, 0) is 94.1 Å². The number of aliphatic imine (C=N–C) groups is 1. The van der Waals surface area contributed by atoms with E-state index in [9.17, 15) is 14.4 Å². The summed E-state index contributed by atoms with van der Waals surface area (Å²) in [6, 6.07) is 14.4. The van der Waals surface area contributed by atoms with Gasteiger partial charge in [0.05, 0.1) is 24.5 Å². The van der Waals surface area contributed by atoms with Crippen molar-refractivity contribution in [2.24, 2.45) is 4.99 Å². The lowest BCUT2D eigenvalue weighted by Crippen LogP contribution is -2.34. The summed E-state index contributed by atoms with van der Waals surface area (Å²) in [7, 11) is 3.46. The normalized spacial score (nSPS) is 17.3. The van der Waals surface area contributed by atoms with Gasteiger partial charge in [-0.2, -0.15) is 14.7 Å². The second kappa shape index (κ2) is 18.9. The van der Waals surface area contributed by atoms with Crippen LogP contribution in [0.1, 0.15) is 87.2 Å². The minimum atomic E-state index is -0.509. The van der Waals surface area contributed by atoms with Gasteiger partial charge in [0, 0.05) is 36.2 Å². The third kappa shape index (κ3) is 9.56. The molecule has 3 N–H and O–H groups in total. The maximum atomic E-state index is 15.5. The summed E-state index contributed by atoms with van der Waals surface area (Å²) >= 11 is 1.34. The highest BCUT2D eigenvalue weighted by Gasteiger charge is 2.35. The number of carbonyl (C=O) groups excluding carboxylic acids is 3. The van der Waals surface area contributed by atoms with Gasteiger partial charge in [0.25, 0.3) is 0 Å². The van der Waals surface area contributed by atoms with E-state index in [1.165, 1.54) is 22.7 Å². The molecule has 16 nitrogen and oxygen atoms in total. The maximum absolute atomic E-state index is 15.5. The van der Waals surface area contributed by atoms with Gasteiger partial charge in [-0.25, -0.2) is 9.07 Å². The highest BCUT2D eigenvalue weighted by molar-refractivity contribution is 7.99. The number of furan rings is 1. The monoisotopic (exact) mass is 838 g/mol. The second-order valence-electron chi connectivity index (χ2n) is 15.0. The number of hydrogen-bond donors (Lipinski definition) is 3. The zero-order valence-corrected chi connectivity index (χ0v) is 35.0. The number of nitrogens with zero attached hydrogens (tertiary/aromatic N) is 8. The molecular weight excluding hydrogens is 790 g/mol. The SMILES string of the molecule is CCCC(C(=O)NC=O)=[N+](C)c1ccc(C2CCN(Cc3ccc(Sc4ccc(Nc5nc6n(n5)C=NC(c5cn[nH]c5)C6OC(C)C)c(F)c4)o3)CC2)cc1N(C)C=O. The molecule has 0 aliphatic carbocycles. The van der Waals surface area contributed by atoms with Crippen molar-refractivity contribution in [1.29, 1.82) is 0 Å². The van der Waals surface area contributed by atoms with Gasteiger partial charge in [0.1, 0.15) is 42.8 Å². The van der Waals surface area contributed by atoms with Crippen LogP contribution in [0, 0.1) is 5.82 Å². The number of likely N-dealkylation sites (tertiary alicyclic amines) is 1. The summed E-state index contributed by atoms with van der Waals surface area (Å²) in [4.78, 5) is 49.4. The van der Waals surface area contributed by atoms with E-state index in [0.717, 1.165) is 49.2 Å². The fourth-order valence-corrected chi connectivity index (χ4v) is 8.36. The predicted octanol–water partition coefficient (Wildman–Crippen LogP) is 6.49. The molecule has 60 heavy (non-hydrogen) atoms. The average molecular weight is 839 g/mol. The smallest absolute Gasteiger partial charge is 0.317 e. The molecule has 3 amide bonds. The first-order chi connectivity index (χ1) is 29.0. The molecule has 5 heterocycles. The highest BCUT2D eigenvalue weighted by atomic mass is 32.2. The number of piperidine rings is 1. The van der Waals surface area contributed by atoms with Crippen molar-refractivity contribution in [3.8, 4) is 0 Å². The van der Waals surface area contributed by atoms with Crippen LogP contribution in [0.2, 0.25) is 0 Å². The summed E-state index contributed by atoms with van der Waals surface area (Å²) in [6.45, 7) is 8.19. The molecule has 0 saturated carbocycles. The fourth-order valence-electron chi connectivity index (χ4n) is 7.54.